The zero-order valence-corrected chi connectivity index (χ0v) is 14.7. The minimum Gasteiger partial charge on any atom is -0.394 e. The summed E-state index contributed by atoms with van der Waals surface area (Å²) in [6.45, 7) is -0.114. The van der Waals surface area contributed by atoms with Gasteiger partial charge in [-0.3, -0.25) is 0 Å². The average molecular weight is 400 g/mol. The van der Waals surface area contributed by atoms with Gasteiger partial charge in [0.15, 0.2) is 12.6 Å². The monoisotopic (exact) mass is 400 g/mol. The molecule has 2 aliphatic heterocycles. The lowest BCUT2D eigenvalue weighted by Gasteiger charge is -2.41. The summed E-state index contributed by atoms with van der Waals surface area (Å²) < 4.78 is 21.0. The Morgan fingerprint density at radius 1 is 0.778 bits per heavy atom. The van der Waals surface area contributed by atoms with E-state index in [0.29, 0.717) is 0 Å². The summed E-state index contributed by atoms with van der Waals surface area (Å²) in [5.74, 6) is 0. The van der Waals surface area contributed by atoms with Crippen LogP contribution in [-0.4, -0.2) is 128 Å². The summed E-state index contributed by atoms with van der Waals surface area (Å²) in [6, 6.07) is 0. The zero-order chi connectivity index (χ0) is 20.3. The Bertz CT molecular complexity index is 451. The van der Waals surface area contributed by atoms with Crippen LogP contribution < -0.4 is 0 Å². The molecule has 0 aromatic heterocycles. The van der Waals surface area contributed by atoms with Gasteiger partial charge in [-0.05, 0) is 6.92 Å². The number of aliphatic hydroxyl groups is 8. The van der Waals surface area contributed by atoms with E-state index in [2.05, 4.69) is 0 Å². The molecule has 0 saturated carbocycles. The normalized spacial score (nSPS) is 47.0. The van der Waals surface area contributed by atoms with E-state index in [-0.39, 0.29) is 6.61 Å². The van der Waals surface area contributed by atoms with Crippen molar-refractivity contribution in [3.63, 3.8) is 0 Å². The van der Waals surface area contributed by atoms with E-state index in [0.717, 1.165) is 0 Å². The van der Waals surface area contributed by atoms with Gasteiger partial charge in [-0.15, -0.1) is 0 Å². The molecule has 11 atom stereocenters. The van der Waals surface area contributed by atoms with Gasteiger partial charge < -0.3 is 59.8 Å². The molecular formula is C15H28O12. The number of hydrogen-bond donors (Lipinski definition) is 8. The molecule has 0 bridgehead atoms. The van der Waals surface area contributed by atoms with Crippen LogP contribution in [0, 0.1) is 0 Å². The fraction of sp³-hybridized carbons (Fsp3) is 1.00. The van der Waals surface area contributed by atoms with Crippen molar-refractivity contribution >= 4 is 0 Å². The molecule has 0 aromatic rings. The SMILES string of the molecule is C[C@@H]1OC(OCC(CO)OC2O[C@H](CO)[C@@H](O)[C@H](O)[C@H]2O)[C@@H](O)[C@H](O)[C@@H]1O. The molecule has 160 valence electrons. The van der Waals surface area contributed by atoms with Crippen molar-refractivity contribution in [3.05, 3.63) is 0 Å². The van der Waals surface area contributed by atoms with Gasteiger partial charge in [-0.25, -0.2) is 0 Å². The molecule has 2 aliphatic rings. The molecule has 0 spiro atoms. The lowest BCUT2D eigenvalue weighted by atomic mass is 9.99. The van der Waals surface area contributed by atoms with Gasteiger partial charge in [0, 0.05) is 0 Å². The molecule has 2 saturated heterocycles. The van der Waals surface area contributed by atoms with Crippen LogP contribution in [0.2, 0.25) is 0 Å². The molecule has 0 amide bonds. The smallest absolute Gasteiger partial charge is 0.187 e. The van der Waals surface area contributed by atoms with Crippen molar-refractivity contribution in [2.24, 2.45) is 0 Å². The van der Waals surface area contributed by atoms with E-state index in [9.17, 15) is 35.7 Å². The lowest BCUT2D eigenvalue weighted by Crippen LogP contribution is -2.60. The van der Waals surface area contributed by atoms with Crippen molar-refractivity contribution in [1.82, 2.24) is 0 Å². The summed E-state index contributed by atoms with van der Waals surface area (Å²) in [6.07, 6.45) is -15.0. The Morgan fingerprint density at radius 3 is 1.96 bits per heavy atom. The van der Waals surface area contributed by atoms with E-state index in [1.807, 2.05) is 0 Å². The summed E-state index contributed by atoms with van der Waals surface area (Å²) in [4.78, 5) is 0. The quantitative estimate of drug-likeness (QED) is 0.203. The van der Waals surface area contributed by atoms with Crippen LogP contribution in [0.1, 0.15) is 6.92 Å². The Labute approximate surface area is 155 Å². The second kappa shape index (κ2) is 9.82. The van der Waals surface area contributed by atoms with Gasteiger partial charge >= 0.3 is 0 Å². The molecule has 0 aliphatic carbocycles. The van der Waals surface area contributed by atoms with Crippen molar-refractivity contribution < 1.29 is 59.8 Å². The maximum absolute atomic E-state index is 9.93. The predicted molar refractivity (Wildman–Crippen MR) is 84.0 cm³/mol. The average Bonchev–Trinajstić information content (AvgIpc) is 2.66. The molecular weight excluding hydrogens is 372 g/mol. The Hall–Kier alpha value is -0.480. The maximum Gasteiger partial charge on any atom is 0.187 e. The first-order valence-electron chi connectivity index (χ1n) is 8.59. The largest absolute Gasteiger partial charge is 0.394 e. The molecule has 0 radical (unpaired) electrons. The van der Waals surface area contributed by atoms with Crippen LogP contribution in [-0.2, 0) is 18.9 Å². The second-order valence-electron chi connectivity index (χ2n) is 6.65. The van der Waals surface area contributed by atoms with E-state index >= 15 is 0 Å². The number of ether oxygens (including phenoxy) is 4. The first-order valence-corrected chi connectivity index (χ1v) is 8.59. The van der Waals surface area contributed by atoms with Crippen molar-refractivity contribution in [3.8, 4) is 0 Å². The zero-order valence-electron chi connectivity index (χ0n) is 14.7. The fourth-order valence-corrected chi connectivity index (χ4v) is 2.86. The molecule has 3 unspecified atom stereocenters. The van der Waals surface area contributed by atoms with Crippen LogP contribution in [0.5, 0.6) is 0 Å². The summed E-state index contributed by atoms with van der Waals surface area (Å²) in [7, 11) is 0. The van der Waals surface area contributed by atoms with Crippen LogP contribution in [0.15, 0.2) is 0 Å². The summed E-state index contributed by atoms with van der Waals surface area (Å²) in [5.41, 5.74) is 0. The van der Waals surface area contributed by atoms with Crippen LogP contribution >= 0.6 is 0 Å². The Balaban J connectivity index is 1.91. The van der Waals surface area contributed by atoms with Crippen molar-refractivity contribution in [2.75, 3.05) is 19.8 Å². The number of rotatable bonds is 7. The van der Waals surface area contributed by atoms with Gasteiger partial charge in [-0.2, -0.15) is 0 Å². The first kappa shape index (κ1) is 22.8. The molecule has 0 aromatic carbocycles. The molecule has 8 N–H and O–H groups in total. The lowest BCUT2D eigenvalue weighted by molar-refractivity contribution is -0.328. The highest BCUT2D eigenvalue weighted by atomic mass is 16.7. The topological polar surface area (TPSA) is 199 Å². The van der Waals surface area contributed by atoms with E-state index in [4.69, 9.17) is 24.1 Å². The first-order chi connectivity index (χ1) is 12.7. The highest BCUT2D eigenvalue weighted by Crippen LogP contribution is 2.24. The number of aliphatic hydroxyl groups excluding tert-OH is 8. The summed E-state index contributed by atoms with van der Waals surface area (Å²) >= 11 is 0. The van der Waals surface area contributed by atoms with Crippen LogP contribution in [0.25, 0.3) is 0 Å². The standard InChI is InChI=1S/C15H28O12/c1-5-8(18)10(20)12(22)14(25-5)24-4-6(2-16)26-15-13(23)11(21)9(19)7(3-17)27-15/h5-23H,2-4H2,1H3/t5-,6?,7+,8+,9+,10+,11-,12-,13+,14?,15?/m0/s1. The van der Waals surface area contributed by atoms with Crippen LogP contribution in [0.3, 0.4) is 0 Å². The minimum atomic E-state index is -1.65. The molecule has 2 fully saturated rings. The third kappa shape index (κ3) is 5.12. The fourth-order valence-electron chi connectivity index (χ4n) is 2.86. The van der Waals surface area contributed by atoms with Gasteiger partial charge in [-0.1, -0.05) is 0 Å². The second-order valence-corrected chi connectivity index (χ2v) is 6.65. The highest BCUT2D eigenvalue weighted by Gasteiger charge is 2.45. The van der Waals surface area contributed by atoms with E-state index < -0.39 is 80.7 Å². The van der Waals surface area contributed by atoms with E-state index in [1.54, 1.807) is 0 Å². The Morgan fingerprint density at radius 2 is 1.37 bits per heavy atom. The van der Waals surface area contributed by atoms with Gasteiger partial charge in [0.05, 0.1) is 25.9 Å². The van der Waals surface area contributed by atoms with Crippen molar-refractivity contribution in [1.29, 1.82) is 0 Å². The van der Waals surface area contributed by atoms with Crippen LogP contribution in [0.4, 0.5) is 0 Å². The van der Waals surface area contributed by atoms with Gasteiger partial charge in [0.25, 0.3) is 0 Å². The molecule has 12 heteroatoms. The van der Waals surface area contributed by atoms with Gasteiger partial charge in [0.1, 0.15) is 48.8 Å². The molecule has 2 heterocycles. The maximum atomic E-state index is 9.93. The molecule has 12 nitrogen and oxygen atoms in total. The van der Waals surface area contributed by atoms with Crippen molar-refractivity contribution in [2.45, 2.75) is 74.4 Å². The van der Waals surface area contributed by atoms with E-state index in [1.165, 1.54) is 6.92 Å². The number of hydrogen-bond acceptors (Lipinski definition) is 12. The Kier molecular flexibility index (Phi) is 8.30. The third-order valence-electron chi connectivity index (χ3n) is 4.63. The molecule has 2 rings (SSSR count). The summed E-state index contributed by atoms with van der Waals surface area (Å²) in [5, 5.41) is 77.2. The molecule has 27 heavy (non-hydrogen) atoms. The minimum absolute atomic E-state index is 0.358. The van der Waals surface area contributed by atoms with Gasteiger partial charge in [0.2, 0.25) is 0 Å². The predicted octanol–water partition coefficient (Wildman–Crippen LogP) is -4.99. The highest BCUT2D eigenvalue weighted by molar-refractivity contribution is 4.90. The third-order valence-corrected chi connectivity index (χ3v) is 4.63.